The van der Waals surface area contributed by atoms with Crippen LogP contribution in [0.2, 0.25) is 0 Å². The summed E-state index contributed by atoms with van der Waals surface area (Å²) >= 11 is 0. The molecule has 1 aromatic rings. The Morgan fingerprint density at radius 2 is 1.72 bits per heavy atom. The fourth-order valence-corrected chi connectivity index (χ4v) is 1.17. The third kappa shape index (κ3) is 3.98. The number of halogens is 3. The molecule has 0 saturated carbocycles. The smallest absolute Gasteiger partial charge is 0.204 e. The molecule has 0 heterocycles. The molecule has 0 fully saturated rings. The van der Waals surface area contributed by atoms with Gasteiger partial charge in [-0.05, 0) is 24.6 Å². The Hall–Kier alpha value is -1.65. The van der Waals surface area contributed by atoms with Crippen molar-refractivity contribution < 1.29 is 22.6 Å². The molecular weight excluding hydrogens is 245 g/mol. The molecule has 1 rings (SSSR count). The largest absolute Gasteiger partial charge is 0.490 e. The summed E-state index contributed by atoms with van der Waals surface area (Å²) < 4.78 is 48.8. The molecule has 0 aliphatic heterocycles. The maximum absolute atomic E-state index is 13.5. The Labute approximate surface area is 104 Å². The SMILES string of the molecule is C=C(C)COc1ccc(OCCCF)c(F)c1F. The second kappa shape index (κ2) is 6.93. The number of hydrogen-bond acceptors (Lipinski definition) is 2. The lowest BCUT2D eigenvalue weighted by atomic mass is 10.3. The van der Waals surface area contributed by atoms with Crippen molar-refractivity contribution in [2.24, 2.45) is 0 Å². The van der Waals surface area contributed by atoms with E-state index in [9.17, 15) is 13.2 Å². The van der Waals surface area contributed by atoms with Gasteiger partial charge in [0.2, 0.25) is 11.6 Å². The van der Waals surface area contributed by atoms with E-state index in [0.717, 1.165) is 0 Å². The fourth-order valence-electron chi connectivity index (χ4n) is 1.17. The highest BCUT2D eigenvalue weighted by Gasteiger charge is 2.15. The van der Waals surface area contributed by atoms with Gasteiger partial charge in [0.15, 0.2) is 11.5 Å². The summed E-state index contributed by atoms with van der Waals surface area (Å²) in [5.41, 5.74) is 0.693. The minimum atomic E-state index is -1.13. The lowest BCUT2D eigenvalue weighted by molar-refractivity contribution is 0.267. The number of rotatable bonds is 7. The molecule has 18 heavy (non-hydrogen) atoms. The molecule has 0 amide bonds. The van der Waals surface area contributed by atoms with Crippen LogP contribution in [-0.2, 0) is 0 Å². The van der Waals surface area contributed by atoms with Crippen LogP contribution in [0.25, 0.3) is 0 Å². The normalized spacial score (nSPS) is 10.2. The maximum atomic E-state index is 13.5. The van der Waals surface area contributed by atoms with E-state index in [1.807, 2.05) is 0 Å². The van der Waals surface area contributed by atoms with E-state index in [2.05, 4.69) is 6.58 Å². The monoisotopic (exact) mass is 260 g/mol. The van der Waals surface area contributed by atoms with Crippen LogP contribution >= 0.6 is 0 Å². The van der Waals surface area contributed by atoms with Crippen molar-refractivity contribution in [3.8, 4) is 11.5 Å². The molecule has 0 unspecified atom stereocenters. The van der Waals surface area contributed by atoms with E-state index in [1.165, 1.54) is 12.1 Å². The summed E-state index contributed by atoms with van der Waals surface area (Å²) in [7, 11) is 0. The van der Waals surface area contributed by atoms with Gasteiger partial charge in [0, 0.05) is 6.42 Å². The minimum Gasteiger partial charge on any atom is -0.490 e. The van der Waals surface area contributed by atoms with Gasteiger partial charge >= 0.3 is 0 Å². The summed E-state index contributed by atoms with van der Waals surface area (Å²) in [4.78, 5) is 0. The average molecular weight is 260 g/mol. The van der Waals surface area contributed by atoms with Gasteiger partial charge in [0.05, 0.1) is 13.3 Å². The predicted octanol–water partition coefficient (Wildman–Crippen LogP) is 3.66. The van der Waals surface area contributed by atoms with Crippen molar-refractivity contribution in [3.05, 3.63) is 35.9 Å². The first kappa shape index (κ1) is 14.4. The number of benzene rings is 1. The molecule has 0 bridgehead atoms. The van der Waals surface area contributed by atoms with Gasteiger partial charge in [0.1, 0.15) is 6.61 Å². The molecule has 0 atom stereocenters. The van der Waals surface area contributed by atoms with Crippen LogP contribution in [0, 0.1) is 11.6 Å². The zero-order valence-electron chi connectivity index (χ0n) is 10.1. The summed E-state index contributed by atoms with van der Waals surface area (Å²) in [5.74, 6) is -2.70. The molecule has 1 aromatic carbocycles. The van der Waals surface area contributed by atoms with Crippen molar-refractivity contribution in [1.29, 1.82) is 0 Å². The van der Waals surface area contributed by atoms with Gasteiger partial charge in [-0.2, -0.15) is 8.78 Å². The Morgan fingerprint density at radius 3 is 2.22 bits per heavy atom. The molecule has 100 valence electrons. The van der Waals surface area contributed by atoms with Crippen molar-refractivity contribution >= 4 is 0 Å². The summed E-state index contributed by atoms with van der Waals surface area (Å²) in [6.07, 6.45) is 0.134. The number of hydrogen-bond donors (Lipinski definition) is 0. The van der Waals surface area contributed by atoms with Crippen LogP contribution in [0.4, 0.5) is 13.2 Å². The van der Waals surface area contributed by atoms with Crippen LogP contribution in [0.1, 0.15) is 13.3 Å². The van der Waals surface area contributed by atoms with Gasteiger partial charge in [-0.25, -0.2) is 0 Å². The first-order valence-electron chi connectivity index (χ1n) is 5.50. The fraction of sp³-hybridized carbons (Fsp3) is 0.385. The number of alkyl halides is 1. The summed E-state index contributed by atoms with van der Waals surface area (Å²) in [5, 5.41) is 0. The first-order chi connectivity index (χ1) is 8.56. The van der Waals surface area contributed by atoms with Gasteiger partial charge < -0.3 is 9.47 Å². The molecule has 0 spiro atoms. The zero-order chi connectivity index (χ0) is 13.5. The first-order valence-corrected chi connectivity index (χ1v) is 5.50. The summed E-state index contributed by atoms with van der Waals surface area (Å²) in [6.45, 7) is 4.84. The minimum absolute atomic E-state index is 0.00116. The maximum Gasteiger partial charge on any atom is 0.204 e. The quantitative estimate of drug-likeness (QED) is 0.550. The average Bonchev–Trinajstić information content (AvgIpc) is 2.33. The number of ether oxygens (including phenoxy) is 2. The van der Waals surface area contributed by atoms with E-state index >= 15 is 0 Å². The van der Waals surface area contributed by atoms with E-state index in [0.29, 0.717) is 5.57 Å². The Morgan fingerprint density at radius 1 is 1.17 bits per heavy atom. The molecule has 5 heteroatoms. The molecule has 0 aliphatic rings. The zero-order valence-corrected chi connectivity index (χ0v) is 10.1. The highest BCUT2D eigenvalue weighted by molar-refractivity contribution is 5.35. The van der Waals surface area contributed by atoms with E-state index in [-0.39, 0.29) is 31.1 Å². The molecule has 0 saturated heterocycles. The molecule has 2 nitrogen and oxygen atoms in total. The van der Waals surface area contributed by atoms with Gasteiger partial charge in [-0.15, -0.1) is 0 Å². The lowest BCUT2D eigenvalue weighted by Crippen LogP contribution is -2.04. The molecule has 0 aliphatic carbocycles. The second-order valence-corrected chi connectivity index (χ2v) is 3.83. The van der Waals surface area contributed by atoms with Crippen LogP contribution in [0.5, 0.6) is 11.5 Å². The standard InChI is InChI=1S/C13H15F3O2/c1-9(2)8-18-11-5-4-10(12(15)13(11)16)17-7-3-6-14/h4-5H,1,3,6-8H2,2H3. The predicted molar refractivity (Wildman–Crippen MR) is 62.8 cm³/mol. The molecule has 0 N–H and O–H groups in total. The van der Waals surface area contributed by atoms with Crippen LogP contribution < -0.4 is 9.47 Å². The van der Waals surface area contributed by atoms with Gasteiger partial charge in [0.25, 0.3) is 0 Å². The van der Waals surface area contributed by atoms with E-state index in [4.69, 9.17) is 9.47 Å². The van der Waals surface area contributed by atoms with E-state index in [1.54, 1.807) is 6.92 Å². The Kier molecular flexibility index (Phi) is 5.55. The van der Waals surface area contributed by atoms with Gasteiger partial charge in [-0.1, -0.05) is 6.58 Å². The Bertz CT molecular complexity index is 419. The van der Waals surface area contributed by atoms with Crippen molar-refractivity contribution in [3.63, 3.8) is 0 Å². The van der Waals surface area contributed by atoms with Crippen LogP contribution in [-0.4, -0.2) is 19.9 Å². The van der Waals surface area contributed by atoms with Gasteiger partial charge in [-0.3, -0.25) is 4.39 Å². The second-order valence-electron chi connectivity index (χ2n) is 3.83. The van der Waals surface area contributed by atoms with Crippen molar-refractivity contribution in [1.82, 2.24) is 0 Å². The van der Waals surface area contributed by atoms with E-state index < -0.39 is 18.3 Å². The van der Waals surface area contributed by atoms with Crippen molar-refractivity contribution in [2.75, 3.05) is 19.9 Å². The van der Waals surface area contributed by atoms with Crippen molar-refractivity contribution in [2.45, 2.75) is 13.3 Å². The highest BCUT2D eigenvalue weighted by Crippen LogP contribution is 2.27. The molecular formula is C13H15F3O2. The lowest BCUT2D eigenvalue weighted by Gasteiger charge is -2.10. The highest BCUT2D eigenvalue weighted by atomic mass is 19.2. The van der Waals surface area contributed by atoms with Crippen LogP contribution in [0.3, 0.4) is 0 Å². The molecule has 0 radical (unpaired) electrons. The third-order valence-corrected chi connectivity index (χ3v) is 2.02. The Balaban J connectivity index is 2.74. The van der Waals surface area contributed by atoms with Crippen LogP contribution in [0.15, 0.2) is 24.3 Å². The topological polar surface area (TPSA) is 18.5 Å². The third-order valence-electron chi connectivity index (χ3n) is 2.02. The molecule has 0 aromatic heterocycles. The summed E-state index contributed by atoms with van der Waals surface area (Å²) in [6, 6.07) is 2.52.